The summed E-state index contributed by atoms with van der Waals surface area (Å²) >= 11 is 0. The molecule has 2 saturated heterocycles. The molecule has 2 heterocycles. The van der Waals surface area contributed by atoms with E-state index < -0.39 is 0 Å². The maximum Gasteiger partial charge on any atom is 0.223 e. The van der Waals surface area contributed by atoms with Gasteiger partial charge in [-0.3, -0.25) is 9.69 Å². The second kappa shape index (κ2) is 8.69. The van der Waals surface area contributed by atoms with E-state index in [1.54, 1.807) is 0 Å². The molecular weight excluding hydrogens is 325 g/mol. The highest BCUT2D eigenvalue weighted by Crippen LogP contribution is 2.58. The van der Waals surface area contributed by atoms with E-state index in [1.165, 1.54) is 12.8 Å². The molecule has 0 bridgehead atoms. The second-order valence-corrected chi connectivity index (χ2v) is 6.69. The van der Waals surface area contributed by atoms with Crippen LogP contribution >= 0.6 is 24.8 Å². The molecule has 1 saturated carbocycles. The molecule has 1 aliphatic carbocycles. The first-order chi connectivity index (χ1) is 9.70. The average Bonchev–Trinajstić information content (AvgIpc) is 3.14. The Hall–Kier alpha value is -0.0700. The number of hydrogen-bond acceptors (Lipinski definition) is 4. The quantitative estimate of drug-likeness (QED) is 0.793. The van der Waals surface area contributed by atoms with E-state index in [2.05, 4.69) is 22.5 Å². The topological polar surface area (TPSA) is 53.6 Å². The summed E-state index contributed by atoms with van der Waals surface area (Å²) in [6, 6.07) is 0.236. The lowest BCUT2D eigenvalue weighted by molar-refractivity contribution is -0.124. The summed E-state index contributed by atoms with van der Waals surface area (Å²) in [7, 11) is 0. The van der Waals surface area contributed by atoms with E-state index in [1.807, 2.05) is 0 Å². The molecule has 2 N–H and O–H groups in total. The zero-order chi connectivity index (χ0) is 14.0. The lowest BCUT2D eigenvalue weighted by atomic mass is 9.91. The summed E-state index contributed by atoms with van der Waals surface area (Å²) in [4.78, 5) is 14.7. The number of nitrogens with one attached hydrogen (secondary N) is 2. The van der Waals surface area contributed by atoms with E-state index in [0.29, 0.717) is 5.41 Å². The Bertz CT molecular complexity index is 359. The van der Waals surface area contributed by atoms with E-state index in [4.69, 9.17) is 4.74 Å². The molecular formula is C15H29Cl2N3O2. The molecule has 3 fully saturated rings. The Morgan fingerprint density at radius 1 is 1.32 bits per heavy atom. The number of morpholine rings is 1. The molecule has 7 heteroatoms. The molecule has 1 amide bonds. The van der Waals surface area contributed by atoms with Gasteiger partial charge >= 0.3 is 0 Å². The van der Waals surface area contributed by atoms with Crippen molar-refractivity contribution in [3.05, 3.63) is 0 Å². The fourth-order valence-corrected chi connectivity index (χ4v) is 3.76. The number of ether oxygens (including phenoxy) is 1. The van der Waals surface area contributed by atoms with Gasteiger partial charge in [0.25, 0.3) is 0 Å². The highest BCUT2D eigenvalue weighted by Gasteiger charge is 2.57. The summed E-state index contributed by atoms with van der Waals surface area (Å²) in [6.07, 6.45) is 3.44. The van der Waals surface area contributed by atoms with Gasteiger partial charge in [0.15, 0.2) is 0 Å². The number of hydrogen-bond donors (Lipinski definition) is 2. The van der Waals surface area contributed by atoms with Crippen molar-refractivity contribution >= 4 is 30.7 Å². The maximum absolute atomic E-state index is 12.4. The van der Waals surface area contributed by atoms with Crippen LogP contribution in [0.5, 0.6) is 0 Å². The predicted molar refractivity (Wildman–Crippen MR) is 92.0 cm³/mol. The first-order valence-corrected chi connectivity index (χ1v) is 8.01. The summed E-state index contributed by atoms with van der Waals surface area (Å²) in [5.41, 5.74) is 0.341. The molecule has 0 aromatic heterocycles. The first kappa shape index (κ1) is 20.0. The van der Waals surface area contributed by atoms with Crippen LogP contribution in [0.15, 0.2) is 0 Å². The third kappa shape index (κ3) is 4.71. The lowest BCUT2D eigenvalue weighted by Crippen LogP contribution is -2.46. The summed E-state index contributed by atoms with van der Waals surface area (Å²) in [6.45, 7) is 8.82. The Kier molecular flexibility index (Phi) is 7.89. The number of carbonyl (C=O) groups is 1. The highest BCUT2D eigenvalue weighted by molar-refractivity contribution is 5.85. The Morgan fingerprint density at radius 3 is 2.59 bits per heavy atom. The summed E-state index contributed by atoms with van der Waals surface area (Å²) in [5, 5.41) is 6.60. The molecule has 0 radical (unpaired) electrons. The van der Waals surface area contributed by atoms with E-state index >= 15 is 0 Å². The minimum Gasteiger partial charge on any atom is -0.379 e. The van der Waals surface area contributed by atoms with Crippen LogP contribution in [0.1, 0.15) is 26.2 Å². The van der Waals surface area contributed by atoms with Crippen molar-refractivity contribution in [3.8, 4) is 0 Å². The van der Waals surface area contributed by atoms with Crippen LogP contribution in [0.25, 0.3) is 0 Å². The Morgan fingerprint density at radius 2 is 1.95 bits per heavy atom. The number of piperidine rings is 1. The normalized spacial score (nSPS) is 28.1. The van der Waals surface area contributed by atoms with Crippen molar-refractivity contribution < 1.29 is 9.53 Å². The maximum atomic E-state index is 12.4. The smallest absolute Gasteiger partial charge is 0.223 e. The van der Waals surface area contributed by atoms with Gasteiger partial charge in [-0.15, -0.1) is 24.8 Å². The largest absolute Gasteiger partial charge is 0.379 e. The van der Waals surface area contributed by atoms with Crippen LogP contribution < -0.4 is 10.6 Å². The average molecular weight is 354 g/mol. The molecule has 3 aliphatic rings. The molecule has 5 nitrogen and oxygen atoms in total. The number of amides is 1. The van der Waals surface area contributed by atoms with Gasteiger partial charge in [0.05, 0.1) is 13.2 Å². The molecule has 1 spiro atoms. The Labute approximate surface area is 145 Å². The van der Waals surface area contributed by atoms with E-state index in [-0.39, 0.29) is 42.7 Å². The van der Waals surface area contributed by atoms with Crippen LogP contribution in [0.2, 0.25) is 0 Å². The van der Waals surface area contributed by atoms with Crippen LogP contribution in [-0.2, 0) is 9.53 Å². The van der Waals surface area contributed by atoms with Crippen molar-refractivity contribution in [2.45, 2.75) is 32.2 Å². The van der Waals surface area contributed by atoms with E-state index in [0.717, 1.165) is 52.4 Å². The van der Waals surface area contributed by atoms with Gasteiger partial charge in [-0.25, -0.2) is 0 Å². The first-order valence-electron chi connectivity index (χ1n) is 8.01. The third-order valence-electron chi connectivity index (χ3n) is 5.13. The minimum absolute atomic E-state index is 0. The molecule has 3 rings (SSSR count). The van der Waals surface area contributed by atoms with Crippen molar-refractivity contribution in [2.75, 3.05) is 45.9 Å². The zero-order valence-electron chi connectivity index (χ0n) is 13.3. The number of carbonyl (C=O) groups excluding carboxylic acids is 1. The van der Waals surface area contributed by atoms with Crippen LogP contribution in [0.4, 0.5) is 0 Å². The van der Waals surface area contributed by atoms with Crippen LogP contribution in [0, 0.1) is 11.3 Å². The van der Waals surface area contributed by atoms with Gasteiger partial charge in [-0.1, -0.05) is 0 Å². The fraction of sp³-hybridized carbons (Fsp3) is 0.933. The summed E-state index contributed by atoms with van der Waals surface area (Å²) < 4.78 is 5.35. The molecule has 0 aromatic carbocycles. The Balaban J connectivity index is 0.00000121. The van der Waals surface area contributed by atoms with Crippen molar-refractivity contribution in [3.63, 3.8) is 0 Å². The zero-order valence-corrected chi connectivity index (χ0v) is 14.9. The molecule has 130 valence electrons. The molecule has 2 aliphatic heterocycles. The number of rotatable bonds is 4. The van der Waals surface area contributed by atoms with Gasteiger partial charge in [0.2, 0.25) is 5.91 Å². The minimum atomic E-state index is 0. The van der Waals surface area contributed by atoms with Gasteiger partial charge < -0.3 is 15.4 Å². The highest BCUT2D eigenvalue weighted by atomic mass is 35.5. The molecule has 0 aromatic rings. The monoisotopic (exact) mass is 353 g/mol. The molecule has 22 heavy (non-hydrogen) atoms. The van der Waals surface area contributed by atoms with Crippen LogP contribution in [0.3, 0.4) is 0 Å². The van der Waals surface area contributed by atoms with Gasteiger partial charge in [0, 0.05) is 31.6 Å². The lowest BCUT2D eigenvalue weighted by Gasteiger charge is -2.29. The van der Waals surface area contributed by atoms with Gasteiger partial charge in [0.1, 0.15) is 0 Å². The number of halogens is 2. The summed E-state index contributed by atoms with van der Waals surface area (Å²) in [5.74, 6) is 0.560. The third-order valence-corrected chi connectivity index (χ3v) is 5.13. The van der Waals surface area contributed by atoms with Gasteiger partial charge in [-0.05, 0) is 44.7 Å². The van der Waals surface area contributed by atoms with Crippen molar-refractivity contribution in [2.24, 2.45) is 11.3 Å². The van der Waals surface area contributed by atoms with Gasteiger partial charge in [-0.2, -0.15) is 0 Å². The molecule has 2 unspecified atom stereocenters. The van der Waals surface area contributed by atoms with Crippen molar-refractivity contribution in [1.29, 1.82) is 0 Å². The second-order valence-electron chi connectivity index (χ2n) is 6.69. The van der Waals surface area contributed by atoms with Crippen molar-refractivity contribution in [1.82, 2.24) is 15.5 Å². The number of nitrogens with zero attached hydrogens (tertiary/aromatic N) is 1. The molecule has 2 atom stereocenters. The van der Waals surface area contributed by atoms with Crippen LogP contribution in [-0.4, -0.2) is 62.8 Å². The standard InChI is InChI=1S/C15H27N3O2.2ClH/c1-12(11-18-6-8-20-9-7-18)17-14(19)13-10-15(13)2-4-16-5-3-15;;/h12-13,16H,2-11H2,1H3,(H,17,19);2*1H. The predicted octanol–water partition coefficient (Wildman–Crippen LogP) is 1.06. The fourth-order valence-electron chi connectivity index (χ4n) is 3.76. The SMILES string of the molecule is CC(CN1CCOCC1)NC(=O)C1CC12CCNCC2.Cl.Cl. The van der Waals surface area contributed by atoms with E-state index in [9.17, 15) is 4.79 Å².